The Morgan fingerprint density at radius 2 is 1.24 bits per heavy atom. The van der Waals surface area contributed by atoms with Gasteiger partial charge in [-0.3, -0.25) is 19.5 Å². The third-order valence-corrected chi connectivity index (χ3v) is 11.3. The van der Waals surface area contributed by atoms with E-state index in [1.807, 2.05) is 91.0 Å². The zero-order valence-electron chi connectivity index (χ0n) is 35.6. The molecule has 16 heteroatoms. The van der Waals surface area contributed by atoms with Gasteiger partial charge in [0, 0.05) is 5.92 Å². The molecule has 2 unspecified atom stereocenters. The third kappa shape index (κ3) is 9.26. The Balaban J connectivity index is 1.39. The minimum atomic E-state index is -4.76. The number of amides is 3. The lowest BCUT2D eigenvalue weighted by Crippen LogP contribution is -2.67. The van der Waals surface area contributed by atoms with Crippen LogP contribution in [0.25, 0.3) is 11.3 Å². The number of urea groups is 1. The minimum Gasteiger partial charge on any atom is -0.394 e. The molecule has 62 heavy (non-hydrogen) atoms. The highest BCUT2D eigenvalue weighted by molar-refractivity contribution is 6.48. The van der Waals surface area contributed by atoms with Crippen molar-refractivity contribution in [2.75, 3.05) is 10.6 Å². The molecule has 6 aromatic rings. The molecule has 0 saturated carbocycles. The lowest BCUT2D eigenvalue weighted by Gasteiger charge is -2.50. The van der Waals surface area contributed by atoms with Crippen molar-refractivity contribution < 1.29 is 27.2 Å². The van der Waals surface area contributed by atoms with Crippen molar-refractivity contribution in [3.63, 3.8) is 0 Å². The van der Waals surface area contributed by atoms with E-state index in [1.54, 1.807) is 63.3 Å². The van der Waals surface area contributed by atoms with Crippen LogP contribution in [-0.4, -0.2) is 57.7 Å². The molecule has 2 heterocycles. The number of pyridine rings is 1. The van der Waals surface area contributed by atoms with Gasteiger partial charge in [-0.2, -0.15) is 17.9 Å². The van der Waals surface area contributed by atoms with E-state index in [1.165, 1.54) is 31.5 Å². The number of rotatable bonds is 14. The fourth-order valence-electron chi connectivity index (χ4n) is 8.21. The number of carbonyl (C=O) groups is 2. The molecule has 12 nitrogen and oxygen atoms in total. The topological polar surface area (TPSA) is 145 Å². The maximum absolute atomic E-state index is 15.1. The number of aromatic nitrogens is 5. The zero-order valence-corrected chi connectivity index (χ0v) is 36.6. The van der Waals surface area contributed by atoms with Crippen molar-refractivity contribution in [3.05, 3.63) is 161 Å². The molecule has 0 spiro atoms. The highest BCUT2D eigenvalue weighted by Crippen LogP contribution is 2.49. The van der Waals surface area contributed by atoms with Gasteiger partial charge in [-0.1, -0.05) is 161 Å². The number of halogens is 3. The number of hydrogen-bond acceptors (Lipinski definition) is 7. The number of nitrogens with one attached hydrogen (secondary N) is 3. The molecule has 0 aliphatic heterocycles. The SMILES string of the molecule is CC(C)C(NC(=O)Cn1c(-c2ccccc2)ccc(NC(=O)Nc2nnnn2C(c2ccccc2)(c2ccccc2)c2ccccc2)c1=O)(O[Si](C)C)C(C(C)(C)C)C(F)(F)F. The van der Waals surface area contributed by atoms with Crippen LogP contribution in [-0.2, 0) is 21.3 Å². The predicted octanol–water partition coefficient (Wildman–Crippen LogP) is 8.95. The van der Waals surface area contributed by atoms with Gasteiger partial charge >= 0.3 is 12.2 Å². The Kier molecular flexibility index (Phi) is 13.3. The van der Waals surface area contributed by atoms with Crippen LogP contribution in [0, 0.1) is 17.3 Å². The van der Waals surface area contributed by atoms with E-state index in [2.05, 4.69) is 31.5 Å². The second-order valence-corrected chi connectivity index (χ2v) is 18.6. The normalized spacial score (nSPS) is 13.7. The molecule has 0 aliphatic rings. The first kappa shape index (κ1) is 45.1. The van der Waals surface area contributed by atoms with Gasteiger partial charge in [0.25, 0.3) is 11.5 Å². The van der Waals surface area contributed by atoms with Gasteiger partial charge in [0.05, 0.1) is 5.69 Å². The van der Waals surface area contributed by atoms with Gasteiger partial charge in [-0.05, 0) is 63.3 Å². The molecule has 1 radical (unpaired) electrons. The van der Waals surface area contributed by atoms with Crippen LogP contribution in [0.15, 0.2) is 138 Å². The summed E-state index contributed by atoms with van der Waals surface area (Å²) in [7, 11) is -1.83. The summed E-state index contributed by atoms with van der Waals surface area (Å²) in [4.78, 5) is 42.6. The maximum Gasteiger partial charge on any atom is 0.396 e. The molecule has 0 fully saturated rings. The van der Waals surface area contributed by atoms with E-state index in [4.69, 9.17) is 4.43 Å². The summed E-state index contributed by atoms with van der Waals surface area (Å²) in [5, 5.41) is 20.5. The lowest BCUT2D eigenvalue weighted by atomic mass is 9.70. The number of carbonyl (C=O) groups excluding carboxylic acids is 2. The van der Waals surface area contributed by atoms with Gasteiger partial charge in [-0.25, -0.2) is 4.79 Å². The Morgan fingerprint density at radius 1 is 0.742 bits per heavy atom. The predicted molar refractivity (Wildman–Crippen MR) is 234 cm³/mol. The van der Waals surface area contributed by atoms with Crippen LogP contribution < -0.4 is 21.5 Å². The van der Waals surface area contributed by atoms with E-state index in [0.717, 1.165) is 21.3 Å². The molecule has 0 aliphatic carbocycles. The number of nitrogens with zero attached hydrogens (tertiary/aromatic N) is 5. The first-order valence-corrected chi connectivity index (χ1v) is 22.5. The molecule has 0 bridgehead atoms. The Morgan fingerprint density at radius 3 is 1.69 bits per heavy atom. The molecule has 3 N–H and O–H groups in total. The number of tetrazole rings is 1. The number of benzene rings is 4. The summed E-state index contributed by atoms with van der Waals surface area (Å²) < 4.78 is 54.0. The van der Waals surface area contributed by atoms with Crippen LogP contribution in [0.5, 0.6) is 0 Å². The van der Waals surface area contributed by atoms with E-state index in [-0.39, 0.29) is 17.3 Å². The average Bonchev–Trinajstić information content (AvgIpc) is 3.67. The molecule has 6 rings (SSSR count). The van der Waals surface area contributed by atoms with Crippen LogP contribution in [0.2, 0.25) is 13.1 Å². The monoisotopic (exact) mass is 863 g/mol. The molecular formula is C46H50F3N8O4Si. The summed E-state index contributed by atoms with van der Waals surface area (Å²) >= 11 is 0. The summed E-state index contributed by atoms with van der Waals surface area (Å²) in [6.45, 7) is 10.2. The van der Waals surface area contributed by atoms with Crippen molar-refractivity contribution in [2.45, 2.75) is 71.7 Å². The lowest BCUT2D eigenvalue weighted by molar-refractivity contribution is -0.265. The van der Waals surface area contributed by atoms with Crippen LogP contribution in [0.4, 0.5) is 29.6 Å². The van der Waals surface area contributed by atoms with Gasteiger partial charge in [-0.15, -0.1) is 0 Å². The quantitative estimate of drug-likeness (QED) is 0.0564. The standard InChI is InChI=1S/C46H50F3N8O4Si/c1-31(2)45(61-62(6)7,40(43(3,4)5)46(47,48)49)52-38(58)30-56-37(32-20-12-8-13-21-32)29-28-36(39(56)59)50-42(60)51-41-53-54-55-57(41)44(33-22-14-9-15-23-33,34-24-16-10-17-25-34)35-26-18-11-19-27-35/h8-29,31,40H,30H2,1-7H3,(H,52,58)(H2,50,51,53,55,60). The van der Waals surface area contributed by atoms with Crippen LogP contribution >= 0.6 is 0 Å². The summed E-state index contributed by atoms with van der Waals surface area (Å²) in [6, 6.07) is 39.5. The van der Waals surface area contributed by atoms with E-state index < -0.39 is 67.8 Å². The number of anilines is 2. The van der Waals surface area contributed by atoms with Gasteiger partial charge in [0.1, 0.15) is 29.4 Å². The van der Waals surface area contributed by atoms with Gasteiger partial charge in [0.2, 0.25) is 14.9 Å². The van der Waals surface area contributed by atoms with Gasteiger partial charge < -0.3 is 15.1 Å². The van der Waals surface area contributed by atoms with E-state index >= 15 is 13.2 Å². The number of hydrogen-bond donors (Lipinski definition) is 3. The first-order chi connectivity index (χ1) is 29.4. The third-order valence-electron chi connectivity index (χ3n) is 10.6. The highest BCUT2D eigenvalue weighted by atomic mass is 28.3. The fourth-order valence-corrected chi connectivity index (χ4v) is 9.29. The van der Waals surface area contributed by atoms with E-state index in [0.29, 0.717) is 5.56 Å². The number of alkyl halides is 3. The second kappa shape index (κ2) is 18.3. The average molecular weight is 864 g/mol. The Labute approximate surface area is 360 Å². The first-order valence-electron chi connectivity index (χ1n) is 20.1. The summed E-state index contributed by atoms with van der Waals surface area (Å²) in [6.07, 6.45) is -4.76. The molecule has 2 aromatic heterocycles. The largest absolute Gasteiger partial charge is 0.396 e. The van der Waals surface area contributed by atoms with E-state index in [9.17, 15) is 14.4 Å². The minimum absolute atomic E-state index is 0.0597. The van der Waals surface area contributed by atoms with Crippen molar-refractivity contribution >= 4 is 32.6 Å². The van der Waals surface area contributed by atoms with Crippen molar-refractivity contribution in [3.8, 4) is 11.3 Å². The van der Waals surface area contributed by atoms with Gasteiger partial charge in [0.15, 0.2) is 0 Å². The van der Waals surface area contributed by atoms with Crippen LogP contribution in [0.3, 0.4) is 0 Å². The van der Waals surface area contributed by atoms with Crippen LogP contribution in [0.1, 0.15) is 51.3 Å². The Bertz CT molecular complexity index is 2400. The van der Waals surface area contributed by atoms with Crippen molar-refractivity contribution in [1.82, 2.24) is 30.1 Å². The molecule has 323 valence electrons. The second-order valence-electron chi connectivity index (χ2n) is 16.5. The molecule has 2 atom stereocenters. The summed E-state index contributed by atoms with van der Waals surface area (Å²) in [5.74, 6) is -3.90. The summed E-state index contributed by atoms with van der Waals surface area (Å²) in [5.41, 5.74) is -2.56. The van der Waals surface area contributed by atoms with Crippen molar-refractivity contribution in [2.24, 2.45) is 17.3 Å². The molecule has 4 aromatic carbocycles. The molecule has 0 saturated heterocycles. The van der Waals surface area contributed by atoms with Crippen molar-refractivity contribution in [1.29, 1.82) is 0 Å². The maximum atomic E-state index is 15.1. The Hall–Kier alpha value is -6.39. The smallest absolute Gasteiger partial charge is 0.394 e. The highest BCUT2D eigenvalue weighted by Gasteiger charge is 2.61. The fraction of sp³-hybridized carbons (Fsp3) is 0.304. The molecule has 3 amide bonds. The zero-order chi connectivity index (χ0) is 44.9. The molecular weight excluding hydrogens is 814 g/mol.